The Morgan fingerprint density at radius 2 is 2.00 bits per heavy atom. The maximum atomic E-state index is 11.3. The summed E-state index contributed by atoms with van der Waals surface area (Å²) < 4.78 is 4.47. The van der Waals surface area contributed by atoms with E-state index < -0.39 is 6.04 Å². The predicted octanol–water partition coefficient (Wildman–Crippen LogP) is 0.0391. The lowest BCUT2D eigenvalue weighted by Crippen LogP contribution is -2.44. The fourth-order valence-electron chi connectivity index (χ4n) is 0.967. The van der Waals surface area contributed by atoms with E-state index in [1.54, 1.807) is 0 Å². The second-order valence-corrected chi connectivity index (χ2v) is 3.74. The van der Waals surface area contributed by atoms with Crippen LogP contribution in [-0.2, 0) is 14.3 Å². The molecule has 0 aromatic rings. The molecule has 0 saturated heterocycles. The molecule has 5 nitrogen and oxygen atoms in total. The second-order valence-electron chi connectivity index (χ2n) is 3.74. The van der Waals surface area contributed by atoms with Gasteiger partial charge in [0.15, 0.2) is 0 Å². The van der Waals surface area contributed by atoms with Crippen LogP contribution in [-0.4, -0.2) is 31.6 Å². The molecule has 0 aliphatic carbocycles. The molecule has 0 saturated carbocycles. The molecule has 0 radical (unpaired) electrons. The highest BCUT2D eigenvalue weighted by Gasteiger charge is 2.16. The molecular weight excluding hydrogens is 196 g/mol. The molecule has 1 amide bonds. The molecule has 1 atom stereocenters. The summed E-state index contributed by atoms with van der Waals surface area (Å²) in [4.78, 5) is 22.1. The van der Waals surface area contributed by atoms with Crippen LogP contribution < -0.4 is 11.1 Å². The van der Waals surface area contributed by atoms with Crippen molar-refractivity contribution in [1.82, 2.24) is 5.32 Å². The summed E-state index contributed by atoms with van der Waals surface area (Å²) in [6, 6.07) is -0.483. The van der Waals surface area contributed by atoms with Crippen molar-refractivity contribution < 1.29 is 14.3 Å². The first kappa shape index (κ1) is 13.9. The highest BCUT2D eigenvalue weighted by Crippen LogP contribution is 1.98. The summed E-state index contributed by atoms with van der Waals surface area (Å²) in [5.41, 5.74) is 5.62. The highest BCUT2D eigenvalue weighted by atomic mass is 16.5. The third-order valence-corrected chi connectivity index (χ3v) is 2.11. The van der Waals surface area contributed by atoms with E-state index in [1.165, 1.54) is 7.11 Å². The first-order chi connectivity index (χ1) is 6.99. The molecule has 0 heterocycles. The third kappa shape index (κ3) is 6.06. The number of ether oxygens (including phenoxy) is 1. The standard InChI is InChI=1S/C10H20N2O3/c1-7(2)9(11)10(14)12-6-4-5-8(13)15-3/h7,9H,4-6,11H2,1-3H3,(H,12,14). The van der Waals surface area contributed by atoms with Gasteiger partial charge in [0.2, 0.25) is 5.91 Å². The van der Waals surface area contributed by atoms with Crippen LogP contribution in [0.2, 0.25) is 0 Å². The molecule has 0 aliphatic rings. The number of hydrogen-bond donors (Lipinski definition) is 2. The Balaban J connectivity index is 3.60. The normalized spacial score (nSPS) is 12.3. The first-order valence-corrected chi connectivity index (χ1v) is 5.09. The fourth-order valence-corrected chi connectivity index (χ4v) is 0.967. The van der Waals surface area contributed by atoms with E-state index >= 15 is 0 Å². The SMILES string of the molecule is COC(=O)CCCNC(=O)C(N)C(C)C. The molecule has 0 aromatic carbocycles. The minimum Gasteiger partial charge on any atom is -0.469 e. The molecule has 88 valence electrons. The van der Waals surface area contributed by atoms with E-state index in [0.717, 1.165) is 0 Å². The molecule has 0 bridgehead atoms. The summed E-state index contributed by atoms with van der Waals surface area (Å²) in [7, 11) is 1.34. The van der Waals surface area contributed by atoms with E-state index in [0.29, 0.717) is 19.4 Å². The van der Waals surface area contributed by atoms with Crippen molar-refractivity contribution in [2.75, 3.05) is 13.7 Å². The van der Waals surface area contributed by atoms with Gasteiger partial charge in [0.25, 0.3) is 0 Å². The highest BCUT2D eigenvalue weighted by molar-refractivity contribution is 5.81. The van der Waals surface area contributed by atoms with Crippen molar-refractivity contribution in [2.24, 2.45) is 11.7 Å². The van der Waals surface area contributed by atoms with E-state index in [2.05, 4.69) is 10.1 Å². The lowest BCUT2D eigenvalue weighted by atomic mass is 10.1. The van der Waals surface area contributed by atoms with Crippen molar-refractivity contribution in [1.29, 1.82) is 0 Å². The van der Waals surface area contributed by atoms with E-state index in [1.807, 2.05) is 13.8 Å². The van der Waals surface area contributed by atoms with Gasteiger partial charge in [-0.05, 0) is 12.3 Å². The number of carbonyl (C=O) groups is 2. The van der Waals surface area contributed by atoms with Crippen LogP contribution in [0.5, 0.6) is 0 Å². The Hall–Kier alpha value is -1.10. The molecule has 0 aromatic heterocycles. The van der Waals surface area contributed by atoms with Gasteiger partial charge < -0.3 is 15.8 Å². The number of esters is 1. The number of nitrogens with two attached hydrogens (primary N) is 1. The van der Waals surface area contributed by atoms with Gasteiger partial charge in [0.05, 0.1) is 13.2 Å². The van der Waals surface area contributed by atoms with Gasteiger partial charge >= 0.3 is 5.97 Å². The van der Waals surface area contributed by atoms with Gasteiger partial charge in [-0.2, -0.15) is 0 Å². The van der Waals surface area contributed by atoms with Crippen LogP contribution in [0, 0.1) is 5.92 Å². The topological polar surface area (TPSA) is 81.4 Å². The number of amides is 1. The minimum absolute atomic E-state index is 0.116. The van der Waals surface area contributed by atoms with Gasteiger partial charge in [-0.25, -0.2) is 0 Å². The Kier molecular flexibility index (Phi) is 6.70. The van der Waals surface area contributed by atoms with Crippen molar-refractivity contribution in [2.45, 2.75) is 32.7 Å². The molecule has 5 heteroatoms. The summed E-state index contributed by atoms with van der Waals surface area (Å²) in [6.07, 6.45) is 0.886. The summed E-state index contributed by atoms with van der Waals surface area (Å²) >= 11 is 0. The number of carbonyl (C=O) groups excluding carboxylic acids is 2. The fraction of sp³-hybridized carbons (Fsp3) is 0.800. The van der Waals surface area contributed by atoms with Crippen LogP contribution in [0.25, 0.3) is 0 Å². The summed E-state index contributed by atoms with van der Waals surface area (Å²) in [5, 5.41) is 2.67. The maximum absolute atomic E-state index is 11.3. The lowest BCUT2D eigenvalue weighted by Gasteiger charge is -2.14. The van der Waals surface area contributed by atoms with Crippen molar-refractivity contribution in [3.8, 4) is 0 Å². The smallest absolute Gasteiger partial charge is 0.305 e. The van der Waals surface area contributed by atoms with Crippen molar-refractivity contribution in [3.63, 3.8) is 0 Å². The van der Waals surface area contributed by atoms with Gasteiger partial charge in [-0.15, -0.1) is 0 Å². The van der Waals surface area contributed by atoms with E-state index in [4.69, 9.17) is 5.73 Å². The molecule has 0 fully saturated rings. The Morgan fingerprint density at radius 3 is 2.47 bits per heavy atom. The molecule has 15 heavy (non-hydrogen) atoms. The Labute approximate surface area is 90.4 Å². The molecule has 3 N–H and O–H groups in total. The minimum atomic E-state index is -0.483. The zero-order valence-corrected chi connectivity index (χ0v) is 9.58. The van der Waals surface area contributed by atoms with E-state index in [9.17, 15) is 9.59 Å². The molecular formula is C10H20N2O3. The van der Waals surface area contributed by atoms with Gasteiger partial charge in [0.1, 0.15) is 0 Å². The van der Waals surface area contributed by atoms with Crippen molar-refractivity contribution in [3.05, 3.63) is 0 Å². The second kappa shape index (κ2) is 7.23. The first-order valence-electron chi connectivity index (χ1n) is 5.09. The van der Waals surface area contributed by atoms with Gasteiger partial charge in [-0.1, -0.05) is 13.8 Å². The molecule has 1 unspecified atom stereocenters. The summed E-state index contributed by atoms with van der Waals surface area (Å²) in [6.45, 7) is 4.23. The lowest BCUT2D eigenvalue weighted by molar-refractivity contribution is -0.140. The zero-order valence-electron chi connectivity index (χ0n) is 9.58. The summed E-state index contributed by atoms with van der Waals surface area (Å²) in [5.74, 6) is -0.321. The average molecular weight is 216 g/mol. The van der Waals surface area contributed by atoms with Gasteiger partial charge in [-0.3, -0.25) is 9.59 Å². The molecule has 0 rings (SSSR count). The van der Waals surface area contributed by atoms with Gasteiger partial charge in [0, 0.05) is 13.0 Å². The number of rotatable bonds is 6. The third-order valence-electron chi connectivity index (χ3n) is 2.11. The largest absolute Gasteiger partial charge is 0.469 e. The Morgan fingerprint density at radius 1 is 1.40 bits per heavy atom. The number of nitrogens with one attached hydrogen (secondary N) is 1. The quantitative estimate of drug-likeness (QED) is 0.485. The Bertz CT molecular complexity index is 217. The predicted molar refractivity (Wildman–Crippen MR) is 57.1 cm³/mol. The van der Waals surface area contributed by atoms with Crippen molar-refractivity contribution >= 4 is 11.9 Å². The van der Waals surface area contributed by atoms with E-state index in [-0.39, 0.29) is 17.8 Å². The maximum Gasteiger partial charge on any atom is 0.305 e. The molecule has 0 aliphatic heterocycles. The zero-order chi connectivity index (χ0) is 11.8. The van der Waals surface area contributed by atoms with Crippen LogP contribution in [0.1, 0.15) is 26.7 Å². The number of methoxy groups -OCH3 is 1. The number of hydrogen-bond acceptors (Lipinski definition) is 4. The van der Waals surface area contributed by atoms with Crippen LogP contribution >= 0.6 is 0 Å². The van der Waals surface area contributed by atoms with Crippen LogP contribution in [0.15, 0.2) is 0 Å². The monoisotopic (exact) mass is 216 g/mol. The van der Waals surface area contributed by atoms with Crippen LogP contribution in [0.3, 0.4) is 0 Å². The average Bonchev–Trinajstić information content (AvgIpc) is 2.22. The molecule has 0 spiro atoms. The van der Waals surface area contributed by atoms with Crippen LogP contribution in [0.4, 0.5) is 0 Å².